The Kier molecular flexibility index (Phi) is 6.06. The highest BCUT2D eigenvalue weighted by Gasteiger charge is 2.27. The number of nitrogens with one attached hydrogen (secondary N) is 1. The molecule has 0 saturated heterocycles. The van der Waals surface area contributed by atoms with Crippen molar-refractivity contribution in [3.05, 3.63) is 50.8 Å². The predicted molar refractivity (Wildman–Crippen MR) is 123 cm³/mol. The first-order chi connectivity index (χ1) is 15.3. The minimum atomic E-state index is -0.332. The Balaban J connectivity index is 1.95. The second kappa shape index (κ2) is 8.78. The summed E-state index contributed by atoms with van der Waals surface area (Å²) in [6, 6.07) is 0. The number of rotatable bonds is 3. The van der Waals surface area contributed by atoms with Gasteiger partial charge in [-0.25, -0.2) is 0 Å². The van der Waals surface area contributed by atoms with Gasteiger partial charge in [-0.1, -0.05) is 19.0 Å². The smallest absolute Gasteiger partial charge is 0.274 e. The Morgan fingerprint density at radius 1 is 1.31 bits per heavy atom. The van der Waals surface area contributed by atoms with Crippen LogP contribution in [-0.2, 0) is 0 Å². The maximum atomic E-state index is 12.8. The fourth-order valence-corrected chi connectivity index (χ4v) is 4.44. The average molecular weight is 439 g/mol. The number of amides is 1. The summed E-state index contributed by atoms with van der Waals surface area (Å²) in [5.41, 5.74) is 4.99. The van der Waals surface area contributed by atoms with Crippen LogP contribution in [-0.4, -0.2) is 59.1 Å². The summed E-state index contributed by atoms with van der Waals surface area (Å²) in [6.45, 7) is 8.06. The van der Waals surface area contributed by atoms with Gasteiger partial charge in [0.1, 0.15) is 11.5 Å². The van der Waals surface area contributed by atoms with E-state index >= 15 is 0 Å². The molecule has 2 aliphatic heterocycles. The lowest BCUT2D eigenvalue weighted by Crippen LogP contribution is -2.37. The molecule has 3 aliphatic rings. The average Bonchev–Trinajstić information content (AvgIpc) is 3.18. The van der Waals surface area contributed by atoms with E-state index in [2.05, 4.69) is 27.4 Å². The van der Waals surface area contributed by atoms with Crippen LogP contribution in [0.1, 0.15) is 50.5 Å². The molecule has 0 saturated carbocycles. The molecular formula is C24H30N4O4. The van der Waals surface area contributed by atoms with Gasteiger partial charge in [-0.2, -0.15) is 0 Å². The third kappa shape index (κ3) is 4.02. The molecule has 0 unspecified atom stereocenters. The summed E-state index contributed by atoms with van der Waals surface area (Å²) in [7, 11) is 2.08. The standard InChI is InChI=1S/C24H30N4O4/c1-5-25-24(31)22-21(14-8-15-12-28(4)7-6-18(15)26-11-14)23(32-27-22)17-9-16(13(2)3)19(29)10-20(17)30/h10-11,13,29-30H,5-9,12H2,1-4H3,(H,25,31). The Hall–Kier alpha value is -3.13. The molecule has 0 radical (unpaired) electrons. The zero-order valence-electron chi connectivity index (χ0n) is 19.0. The summed E-state index contributed by atoms with van der Waals surface area (Å²) in [5, 5.41) is 28.4. The second-order valence-corrected chi connectivity index (χ2v) is 8.84. The van der Waals surface area contributed by atoms with E-state index < -0.39 is 0 Å². The van der Waals surface area contributed by atoms with Gasteiger partial charge in [0.05, 0.1) is 5.22 Å². The van der Waals surface area contributed by atoms with Gasteiger partial charge in [0.25, 0.3) is 5.91 Å². The van der Waals surface area contributed by atoms with Crippen LogP contribution in [0, 0.1) is 5.92 Å². The van der Waals surface area contributed by atoms with Crippen molar-refractivity contribution in [2.24, 2.45) is 10.9 Å². The number of nitrogens with zero attached hydrogens (tertiary/aromatic N) is 3. The van der Waals surface area contributed by atoms with E-state index in [1.54, 1.807) is 6.21 Å². The fraction of sp³-hybridized carbons (Fsp3) is 0.458. The molecule has 1 aromatic heterocycles. The summed E-state index contributed by atoms with van der Waals surface area (Å²) < 4.78 is 5.68. The zero-order chi connectivity index (χ0) is 23.0. The number of aliphatic hydroxyl groups is 2. The van der Waals surface area contributed by atoms with Crippen molar-refractivity contribution in [3.63, 3.8) is 0 Å². The Bertz CT molecular complexity index is 1200. The minimum absolute atomic E-state index is 0.0678. The normalized spacial score (nSPS) is 23.0. The molecule has 4 rings (SSSR count). The zero-order valence-corrected chi connectivity index (χ0v) is 19.0. The third-order valence-electron chi connectivity index (χ3n) is 6.19. The minimum Gasteiger partial charge on any atom is -0.508 e. The van der Waals surface area contributed by atoms with Gasteiger partial charge < -0.3 is 25.0 Å². The molecule has 3 N–H and O–H groups in total. The number of carbonyl (C=O) groups is 1. The van der Waals surface area contributed by atoms with E-state index in [0.717, 1.165) is 36.4 Å². The van der Waals surface area contributed by atoms with Crippen LogP contribution in [0.3, 0.4) is 0 Å². The van der Waals surface area contributed by atoms with Crippen molar-refractivity contribution in [2.75, 3.05) is 26.7 Å². The molecule has 3 heterocycles. The number of aromatic nitrogens is 1. The van der Waals surface area contributed by atoms with Crippen molar-refractivity contribution in [2.45, 2.75) is 40.0 Å². The fourth-order valence-electron chi connectivity index (χ4n) is 4.44. The maximum absolute atomic E-state index is 12.8. The molecule has 32 heavy (non-hydrogen) atoms. The highest BCUT2D eigenvalue weighted by atomic mass is 16.5. The van der Waals surface area contributed by atoms with Gasteiger partial charge in [-0.05, 0) is 43.0 Å². The van der Waals surface area contributed by atoms with Crippen LogP contribution >= 0.6 is 0 Å². The Morgan fingerprint density at radius 3 is 2.81 bits per heavy atom. The van der Waals surface area contributed by atoms with E-state index in [0.29, 0.717) is 35.6 Å². The van der Waals surface area contributed by atoms with E-state index in [9.17, 15) is 15.0 Å². The molecule has 0 bridgehead atoms. The lowest BCUT2D eigenvalue weighted by molar-refractivity contribution is 0.0946. The van der Waals surface area contributed by atoms with Crippen LogP contribution in [0.15, 0.2) is 44.0 Å². The van der Waals surface area contributed by atoms with Gasteiger partial charge in [0, 0.05) is 56.0 Å². The number of hydrogen-bond acceptors (Lipinski definition) is 7. The van der Waals surface area contributed by atoms with Crippen molar-refractivity contribution >= 4 is 23.3 Å². The first kappa shape index (κ1) is 22.1. The Morgan fingerprint density at radius 2 is 2.09 bits per heavy atom. The van der Waals surface area contributed by atoms with Crippen LogP contribution in [0.4, 0.5) is 0 Å². The van der Waals surface area contributed by atoms with Gasteiger partial charge in [-0.15, -0.1) is 0 Å². The highest BCUT2D eigenvalue weighted by molar-refractivity contribution is 6.06. The summed E-state index contributed by atoms with van der Waals surface area (Å²) >= 11 is 0. The molecule has 1 aliphatic carbocycles. The van der Waals surface area contributed by atoms with Crippen molar-refractivity contribution in [3.8, 4) is 0 Å². The summed E-state index contributed by atoms with van der Waals surface area (Å²) in [4.78, 5) is 19.7. The molecule has 1 aromatic rings. The van der Waals surface area contributed by atoms with Crippen LogP contribution in [0.25, 0.3) is 11.1 Å². The molecule has 8 nitrogen and oxygen atoms in total. The summed E-state index contributed by atoms with van der Waals surface area (Å²) in [6.07, 6.45) is 4.98. The van der Waals surface area contributed by atoms with Crippen LogP contribution in [0.2, 0.25) is 0 Å². The molecule has 8 heteroatoms. The lowest BCUT2D eigenvalue weighted by Gasteiger charge is -2.28. The van der Waals surface area contributed by atoms with Crippen molar-refractivity contribution in [1.82, 2.24) is 15.4 Å². The topological polar surface area (TPSA) is 111 Å². The molecular weight excluding hydrogens is 408 g/mol. The van der Waals surface area contributed by atoms with Crippen LogP contribution < -0.4 is 16.0 Å². The highest BCUT2D eigenvalue weighted by Crippen LogP contribution is 2.31. The molecule has 0 aromatic carbocycles. The largest absolute Gasteiger partial charge is 0.508 e. The monoisotopic (exact) mass is 438 g/mol. The van der Waals surface area contributed by atoms with Gasteiger partial charge in [0.15, 0.2) is 11.1 Å². The molecule has 1 amide bonds. The molecule has 170 valence electrons. The number of likely N-dealkylation sites (N-methyl/N-ethyl adjacent to an activating group) is 1. The lowest BCUT2D eigenvalue weighted by atomic mass is 9.88. The molecule has 0 atom stereocenters. The number of aliphatic imine (C=N–C) groups is 1. The molecule has 0 spiro atoms. The van der Waals surface area contributed by atoms with E-state index in [1.165, 1.54) is 11.6 Å². The van der Waals surface area contributed by atoms with Gasteiger partial charge in [0.2, 0.25) is 0 Å². The maximum Gasteiger partial charge on any atom is 0.274 e. The number of aliphatic hydroxyl groups excluding tert-OH is 2. The van der Waals surface area contributed by atoms with E-state index in [1.807, 2.05) is 20.8 Å². The number of allylic oxidation sites excluding steroid dienone is 3. The predicted octanol–water partition coefficient (Wildman–Crippen LogP) is 2.10. The number of carbonyl (C=O) groups excluding carboxylic acids is 1. The first-order valence-electron chi connectivity index (χ1n) is 11.1. The van der Waals surface area contributed by atoms with Crippen LogP contribution in [0.5, 0.6) is 0 Å². The third-order valence-corrected chi connectivity index (χ3v) is 6.19. The summed E-state index contributed by atoms with van der Waals surface area (Å²) in [5.74, 6) is -0.269. The Labute approximate surface area is 187 Å². The number of hydrogen-bond donors (Lipinski definition) is 3. The van der Waals surface area contributed by atoms with Crippen molar-refractivity contribution in [1.29, 1.82) is 0 Å². The van der Waals surface area contributed by atoms with Gasteiger partial charge >= 0.3 is 0 Å². The molecule has 0 fully saturated rings. The first-order valence-corrected chi connectivity index (χ1v) is 11.1. The van der Waals surface area contributed by atoms with E-state index in [-0.39, 0.29) is 29.0 Å². The van der Waals surface area contributed by atoms with Crippen molar-refractivity contribution < 1.29 is 19.5 Å². The second-order valence-electron chi connectivity index (χ2n) is 8.84. The van der Waals surface area contributed by atoms with E-state index in [4.69, 9.17) is 4.52 Å². The SMILES string of the molecule is CCNC(=O)c1noc(=C2CC(C(C)C)=C(O)C=C2O)c1=C1C=NC2=C(C1)CN(C)CC2. The quantitative estimate of drug-likeness (QED) is 0.667. The van der Waals surface area contributed by atoms with Gasteiger partial charge in [-0.3, -0.25) is 9.79 Å².